The number of nitrogens with one attached hydrogen (secondary N) is 1. The molecule has 17 heavy (non-hydrogen) atoms. The molecule has 0 fully saturated rings. The predicted molar refractivity (Wildman–Crippen MR) is 66.3 cm³/mol. The highest BCUT2D eigenvalue weighted by atomic mass is 16.4. The molecule has 4 heteroatoms. The van der Waals surface area contributed by atoms with Gasteiger partial charge in [0.25, 0.3) is 0 Å². The average Bonchev–Trinajstić information content (AvgIpc) is 2.28. The highest BCUT2D eigenvalue weighted by Gasteiger charge is 2.13. The quantitative estimate of drug-likeness (QED) is 0.824. The summed E-state index contributed by atoms with van der Waals surface area (Å²) in [4.78, 5) is 22.6. The van der Waals surface area contributed by atoms with Crippen LogP contribution in [0.5, 0.6) is 0 Å². The average molecular weight is 235 g/mol. The number of carbonyl (C=O) groups is 2. The van der Waals surface area contributed by atoms with Crippen LogP contribution in [0.2, 0.25) is 0 Å². The van der Waals surface area contributed by atoms with Crippen molar-refractivity contribution in [2.75, 3.05) is 5.32 Å². The lowest BCUT2D eigenvalue weighted by Gasteiger charge is -2.11. The van der Waals surface area contributed by atoms with Crippen LogP contribution in [0.25, 0.3) is 0 Å². The summed E-state index contributed by atoms with van der Waals surface area (Å²) in [5, 5.41) is 11.7. The molecule has 0 bridgehead atoms. The van der Waals surface area contributed by atoms with Gasteiger partial charge in [-0.3, -0.25) is 4.79 Å². The molecule has 0 unspecified atom stereocenters. The summed E-state index contributed by atoms with van der Waals surface area (Å²) in [5.41, 5.74) is 1.30. The first-order chi connectivity index (χ1) is 8.06. The number of aryl methyl sites for hydroxylation is 1. The Kier molecular flexibility index (Phi) is 4.69. The number of carbonyl (C=O) groups excluding carboxylic acids is 1. The topological polar surface area (TPSA) is 66.4 Å². The first-order valence-corrected chi connectivity index (χ1v) is 5.69. The molecular weight excluding hydrogens is 218 g/mol. The summed E-state index contributed by atoms with van der Waals surface area (Å²) in [6.45, 7) is 3.78. The Labute approximate surface area is 101 Å². The third-order valence-corrected chi connectivity index (χ3v) is 2.53. The van der Waals surface area contributed by atoms with Gasteiger partial charge in [0.2, 0.25) is 5.91 Å². The van der Waals surface area contributed by atoms with E-state index in [0.29, 0.717) is 12.1 Å². The predicted octanol–water partition coefficient (Wildman–Crippen LogP) is 2.82. The Bertz CT molecular complexity index is 427. The van der Waals surface area contributed by atoms with Crippen molar-refractivity contribution < 1.29 is 14.7 Å². The van der Waals surface area contributed by atoms with Gasteiger partial charge in [-0.1, -0.05) is 25.5 Å². The van der Waals surface area contributed by atoms with Crippen molar-refractivity contribution in [1.82, 2.24) is 0 Å². The molecule has 0 saturated heterocycles. The van der Waals surface area contributed by atoms with E-state index in [1.165, 1.54) is 6.07 Å². The van der Waals surface area contributed by atoms with E-state index in [2.05, 4.69) is 5.32 Å². The fourth-order valence-corrected chi connectivity index (χ4v) is 1.55. The van der Waals surface area contributed by atoms with E-state index in [9.17, 15) is 9.59 Å². The number of hydrogen-bond donors (Lipinski definition) is 2. The number of hydrogen-bond acceptors (Lipinski definition) is 2. The molecular formula is C13H17NO3. The van der Waals surface area contributed by atoms with Crippen LogP contribution in [0.4, 0.5) is 5.69 Å². The molecule has 0 heterocycles. The molecule has 1 aromatic carbocycles. The highest BCUT2D eigenvalue weighted by molar-refractivity contribution is 6.01. The van der Waals surface area contributed by atoms with Gasteiger partial charge in [-0.25, -0.2) is 4.79 Å². The molecule has 4 nitrogen and oxygen atoms in total. The largest absolute Gasteiger partial charge is 0.478 e. The van der Waals surface area contributed by atoms with Crippen molar-refractivity contribution in [2.24, 2.45) is 0 Å². The van der Waals surface area contributed by atoms with E-state index in [1.807, 2.05) is 6.92 Å². The summed E-state index contributed by atoms with van der Waals surface area (Å²) in [5.74, 6) is -1.16. The Morgan fingerprint density at radius 2 is 2.06 bits per heavy atom. The fraction of sp³-hybridized carbons (Fsp3) is 0.385. The van der Waals surface area contributed by atoms with E-state index >= 15 is 0 Å². The lowest BCUT2D eigenvalue weighted by molar-refractivity contribution is -0.116. The second-order valence-electron chi connectivity index (χ2n) is 3.95. The zero-order valence-corrected chi connectivity index (χ0v) is 10.1. The van der Waals surface area contributed by atoms with Gasteiger partial charge in [0, 0.05) is 6.42 Å². The first-order valence-electron chi connectivity index (χ1n) is 5.69. The van der Waals surface area contributed by atoms with Crippen LogP contribution in [0, 0.1) is 6.92 Å². The fourth-order valence-electron chi connectivity index (χ4n) is 1.55. The lowest BCUT2D eigenvalue weighted by atomic mass is 10.1. The number of anilines is 1. The maximum absolute atomic E-state index is 11.6. The van der Waals surface area contributed by atoms with Crippen molar-refractivity contribution in [3.8, 4) is 0 Å². The summed E-state index contributed by atoms with van der Waals surface area (Å²) in [7, 11) is 0. The van der Waals surface area contributed by atoms with Crippen LogP contribution in [0.1, 0.15) is 42.1 Å². The molecule has 1 aromatic rings. The SMILES string of the molecule is CCCCC(=O)Nc1c(C)cccc1C(=O)O. The number of benzene rings is 1. The summed E-state index contributed by atoms with van der Waals surface area (Å²) in [6.07, 6.45) is 2.16. The minimum atomic E-state index is -1.03. The van der Waals surface area contributed by atoms with E-state index in [1.54, 1.807) is 19.1 Å². The van der Waals surface area contributed by atoms with Crippen LogP contribution >= 0.6 is 0 Å². The van der Waals surface area contributed by atoms with E-state index in [0.717, 1.165) is 18.4 Å². The van der Waals surface area contributed by atoms with Crippen LogP contribution in [0.15, 0.2) is 18.2 Å². The third-order valence-electron chi connectivity index (χ3n) is 2.53. The number of rotatable bonds is 5. The molecule has 0 radical (unpaired) electrons. The Morgan fingerprint density at radius 1 is 1.35 bits per heavy atom. The van der Waals surface area contributed by atoms with E-state index < -0.39 is 5.97 Å². The zero-order valence-electron chi connectivity index (χ0n) is 10.1. The maximum Gasteiger partial charge on any atom is 0.337 e. The lowest BCUT2D eigenvalue weighted by Crippen LogP contribution is -2.15. The molecule has 1 amide bonds. The Hall–Kier alpha value is -1.84. The van der Waals surface area contributed by atoms with Crippen molar-refractivity contribution in [1.29, 1.82) is 0 Å². The van der Waals surface area contributed by atoms with Crippen LogP contribution < -0.4 is 5.32 Å². The number of unbranched alkanes of at least 4 members (excludes halogenated alkanes) is 1. The van der Waals surface area contributed by atoms with Crippen LogP contribution in [-0.4, -0.2) is 17.0 Å². The number of aromatic carboxylic acids is 1. The Morgan fingerprint density at radius 3 is 2.65 bits per heavy atom. The summed E-state index contributed by atoms with van der Waals surface area (Å²) < 4.78 is 0. The number of para-hydroxylation sites is 1. The molecule has 0 aliphatic heterocycles. The van der Waals surface area contributed by atoms with Crippen molar-refractivity contribution in [3.63, 3.8) is 0 Å². The zero-order chi connectivity index (χ0) is 12.8. The standard InChI is InChI=1S/C13H17NO3/c1-3-4-8-11(15)14-12-9(2)6-5-7-10(12)13(16)17/h5-7H,3-4,8H2,1-2H3,(H,14,15)(H,16,17). The molecule has 0 saturated carbocycles. The molecule has 92 valence electrons. The smallest absolute Gasteiger partial charge is 0.337 e. The van der Waals surface area contributed by atoms with E-state index in [-0.39, 0.29) is 11.5 Å². The van der Waals surface area contributed by atoms with Gasteiger partial charge in [0.05, 0.1) is 11.3 Å². The maximum atomic E-state index is 11.6. The minimum absolute atomic E-state index is 0.134. The molecule has 0 atom stereocenters. The van der Waals surface area contributed by atoms with Gasteiger partial charge < -0.3 is 10.4 Å². The molecule has 0 aliphatic rings. The highest BCUT2D eigenvalue weighted by Crippen LogP contribution is 2.20. The second-order valence-corrected chi connectivity index (χ2v) is 3.95. The second kappa shape index (κ2) is 6.03. The molecule has 1 rings (SSSR count). The molecule has 0 aliphatic carbocycles. The van der Waals surface area contributed by atoms with Crippen molar-refractivity contribution in [2.45, 2.75) is 33.1 Å². The number of amides is 1. The Balaban J connectivity index is 2.89. The molecule has 0 spiro atoms. The van der Waals surface area contributed by atoms with Gasteiger partial charge in [0.15, 0.2) is 0 Å². The van der Waals surface area contributed by atoms with Gasteiger partial charge in [0.1, 0.15) is 0 Å². The minimum Gasteiger partial charge on any atom is -0.478 e. The molecule has 0 aromatic heterocycles. The van der Waals surface area contributed by atoms with Crippen molar-refractivity contribution >= 4 is 17.6 Å². The first kappa shape index (κ1) is 13.2. The van der Waals surface area contributed by atoms with Gasteiger partial charge in [-0.05, 0) is 25.0 Å². The van der Waals surface area contributed by atoms with Crippen molar-refractivity contribution in [3.05, 3.63) is 29.3 Å². The van der Waals surface area contributed by atoms with Gasteiger partial charge >= 0.3 is 5.97 Å². The normalized spacial score (nSPS) is 10.0. The van der Waals surface area contributed by atoms with Crippen LogP contribution in [-0.2, 0) is 4.79 Å². The van der Waals surface area contributed by atoms with E-state index in [4.69, 9.17) is 5.11 Å². The number of carboxylic acid groups (broad SMARTS) is 1. The monoisotopic (exact) mass is 235 g/mol. The van der Waals surface area contributed by atoms with Gasteiger partial charge in [-0.15, -0.1) is 0 Å². The summed E-state index contributed by atoms with van der Waals surface area (Å²) >= 11 is 0. The van der Waals surface area contributed by atoms with Gasteiger partial charge in [-0.2, -0.15) is 0 Å². The number of carboxylic acids is 1. The summed E-state index contributed by atoms with van der Waals surface area (Å²) in [6, 6.07) is 4.94. The molecule has 2 N–H and O–H groups in total. The third kappa shape index (κ3) is 3.59. The van der Waals surface area contributed by atoms with Crippen LogP contribution in [0.3, 0.4) is 0 Å².